The highest BCUT2D eigenvalue weighted by Gasteiger charge is 2.24. The second-order valence-corrected chi connectivity index (χ2v) is 10.2. The van der Waals surface area contributed by atoms with Crippen LogP contribution in [0.15, 0.2) is 48.5 Å². The molecule has 21 heteroatoms. The molecule has 4 amide bonds. The Morgan fingerprint density at radius 3 is 1.86 bits per heavy atom. The Balaban J connectivity index is 0.0000120. The number of benzene rings is 2. The summed E-state index contributed by atoms with van der Waals surface area (Å²) in [6, 6.07) is 9.73. The summed E-state index contributed by atoms with van der Waals surface area (Å²) in [5.41, 5.74) is 11.4. The molecule has 0 saturated heterocycles. The van der Waals surface area contributed by atoms with Crippen molar-refractivity contribution in [3.8, 4) is 5.75 Å². The van der Waals surface area contributed by atoms with Gasteiger partial charge in [0.25, 0.3) is 5.69 Å². The van der Waals surface area contributed by atoms with E-state index in [0.717, 1.165) is 0 Å². The number of nitro benzene ring substituents is 1. The van der Waals surface area contributed by atoms with Crippen molar-refractivity contribution in [2.45, 2.75) is 44.4 Å². The van der Waals surface area contributed by atoms with Crippen LogP contribution in [-0.4, -0.2) is 79.5 Å². The highest BCUT2D eigenvalue weighted by atomic mass is 35.5. The third kappa shape index (κ3) is 17.6. The van der Waals surface area contributed by atoms with Crippen LogP contribution in [0, 0.1) is 20.9 Å². The molecule has 0 bridgehead atoms. The minimum absolute atomic E-state index is 0. The lowest BCUT2D eigenvalue weighted by molar-refractivity contribution is -0.384. The molecule has 0 aliphatic rings. The first-order valence-electron chi connectivity index (χ1n) is 14.7. The molecular formula is C29H43Cl2N11O8. The van der Waals surface area contributed by atoms with E-state index < -0.39 is 47.4 Å². The number of amides is 4. The van der Waals surface area contributed by atoms with Crippen molar-refractivity contribution >= 4 is 71.9 Å². The molecule has 50 heavy (non-hydrogen) atoms. The van der Waals surface area contributed by atoms with Crippen molar-refractivity contribution in [3.63, 3.8) is 0 Å². The first-order valence-corrected chi connectivity index (χ1v) is 14.7. The van der Waals surface area contributed by atoms with Crippen LogP contribution in [0.4, 0.5) is 16.2 Å². The van der Waals surface area contributed by atoms with Gasteiger partial charge in [0.15, 0.2) is 11.9 Å². The summed E-state index contributed by atoms with van der Waals surface area (Å²) in [7, 11) is 1.52. The van der Waals surface area contributed by atoms with E-state index in [4.69, 9.17) is 31.8 Å². The lowest BCUT2D eigenvalue weighted by atomic mass is 10.1. The first kappa shape index (κ1) is 44.4. The van der Waals surface area contributed by atoms with E-state index in [-0.39, 0.29) is 80.6 Å². The zero-order chi connectivity index (χ0) is 35.5. The van der Waals surface area contributed by atoms with Gasteiger partial charge in [-0.05, 0) is 55.5 Å². The molecule has 0 aromatic heterocycles. The van der Waals surface area contributed by atoms with Crippen LogP contribution in [0.1, 0.15) is 31.2 Å². The van der Waals surface area contributed by atoms with Crippen molar-refractivity contribution in [2.75, 3.05) is 32.1 Å². The highest BCUT2D eigenvalue weighted by molar-refractivity contribution is 5.98. The fourth-order valence-corrected chi connectivity index (χ4v) is 4.08. The Labute approximate surface area is 300 Å². The zero-order valence-corrected chi connectivity index (χ0v) is 28.7. The average molecular weight is 745 g/mol. The summed E-state index contributed by atoms with van der Waals surface area (Å²) in [4.78, 5) is 61.8. The Morgan fingerprint density at radius 1 is 0.820 bits per heavy atom. The standard InChI is InChI=1S/C29H41N11O8.2ClH/c1-47-21-12-6-18(7-13-21)17-48-29(44)39-22(4-2-14-34-27(30)31)25(42)36-16-24(41)38-23(5-3-15-35-28(32)33)26(43)37-19-8-10-20(11-9-19)40(45)46;;/h6-13,22-23H,2-5,14-17H2,1H3,(H,36,42)(H,37,43)(H,38,41)(H,39,44)(H4,30,31,34)(H4,32,33,35);2*1H/t22-,23+;;/m1../s1. The quantitative estimate of drug-likeness (QED) is 0.0314. The van der Waals surface area contributed by atoms with Crippen LogP contribution in [-0.2, 0) is 25.7 Å². The van der Waals surface area contributed by atoms with Gasteiger partial charge in [-0.1, -0.05) is 12.1 Å². The van der Waals surface area contributed by atoms with Gasteiger partial charge >= 0.3 is 6.09 Å². The molecule has 2 aromatic rings. The monoisotopic (exact) mass is 743 g/mol. The van der Waals surface area contributed by atoms with Crippen LogP contribution < -0.4 is 48.1 Å². The lowest BCUT2D eigenvalue weighted by Gasteiger charge is -2.21. The molecule has 0 radical (unpaired) electrons. The van der Waals surface area contributed by atoms with E-state index in [1.165, 1.54) is 31.4 Å². The molecule has 2 aromatic carbocycles. The largest absolute Gasteiger partial charge is 0.497 e. The van der Waals surface area contributed by atoms with E-state index in [1.54, 1.807) is 24.3 Å². The minimum Gasteiger partial charge on any atom is -0.497 e. The molecule has 0 aliphatic heterocycles. The third-order valence-electron chi connectivity index (χ3n) is 6.53. The number of guanidine groups is 2. The number of non-ortho nitro benzene ring substituents is 1. The minimum atomic E-state index is -1.12. The normalized spacial score (nSPS) is 11.1. The predicted molar refractivity (Wildman–Crippen MR) is 190 cm³/mol. The van der Waals surface area contributed by atoms with Crippen molar-refractivity contribution in [3.05, 3.63) is 64.2 Å². The van der Waals surface area contributed by atoms with Gasteiger partial charge in [-0.2, -0.15) is 0 Å². The topological polar surface area (TPSA) is 302 Å². The van der Waals surface area contributed by atoms with Gasteiger partial charge in [-0.3, -0.25) is 35.3 Å². The zero-order valence-electron chi connectivity index (χ0n) is 27.1. The summed E-state index contributed by atoms with van der Waals surface area (Å²) >= 11 is 0. The number of methoxy groups -OCH3 is 1. The summed E-state index contributed by atoms with van der Waals surface area (Å²) in [6.07, 6.45) is -0.0104. The number of carbonyl (C=O) groups excluding carboxylic acids is 4. The number of carbonyl (C=O) groups is 4. The summed E-state index contributed by atoms with van der Waals surface area (Å²) < 4.78 is 10.3. The molecule has 0 heterocycles. The summed E-state index contributed by atoms with van der Waals surface area (Å²) in [5.74, 6) is -1.94. The molecule has 0 unspecified atom stereocenters. The van der Waals surface area contributed by atoms with Gasteiger partial charge in [0, 0.05) is 30.9 Å². The van der Waals surface area contributed by atoms with Crippen molar-refractivity contribution in [1.82, 2.24) is 26.6 Å². The number of halogens is 2. The van der Waals surface area contributed by atoms with Crippen LogP contribution >= 0.6 is 24.8 Å². The maximum absolute atomic E-state index is 13.0. The number of ether oxygens (including phenoxy) is 2. The number of alkyl carbamates (subject to hydrolysis) is 1. The molecule has 0 aliphatic carbocycles. The molecule has 0 saturated carbocycles. The fraction of sp³-hybridized carbons (Fsp3) is 0.379. The molecule has 19 nitrogen and oxygen atoms in total. The van der Waals surface area contributed by atoms with Gasteiger partial charge in [-0.25, -0.2) is 4.79 Å². The highest BCUT2D eigenvalue weighted by Crippen LogP contribution is 2.16. The van der Waals surface area contributed by atoms with E-state index in [2.05, 4.69) is 31.9 Å². The van der Waals surface area contributed by atoms with Crippen molar-refractivity contribution in [2.24, 2.45) is 11.5 Å². The molecule has 276 valence electrons. The van der Waals surface area contributed by atoms with Crippen LogP contribution in [0.3, 0.4) is 0 Å². The maximum atomic E-state index is 13.0. The Bertz CT molecular complexity index is 1430. The fourth-order valence-electron chi connectivity index (χ4n) is 4.08. The number of rotatable bonds is 19. The van der Waals surface area contributed by atoms with E-state index in [0.29, 0.717) is 24.2 Å². The van der Waals surface area contributed by atoms with Gasteiger partial charge in [0.2, 0.25) is 17.7 Å². The summed E-state index contributed by atoms with van der Waals surface area (Å²) in [5, 5.41) is 40.7. The third-order valence-corrected chi connectivity index (χ3v) is 6.53. The smallest absolute Gasteiger partial charge is 0.408 e. The van der Waals surface area contributed by atoms with E-state index >= 15 is 0 Å². The number of nitrogens with zero attached hydrogens (tertiary/aromatic N) is 1. The second-order valence-electron chi connectivity index (χ2n) is 10.2. The Kier molecular flexibility index (Phi) is 21.1. The molecular weight excluding hydrogens is 701 g/mol. The number of nitrogens with two attached hydrogens (primary N) is 2. The van der Waals surface area contributed by atoms with Crippen LogP contribution in [0.2, 0.25) is 0 Å². The Hall–Kier alpha value is -5.56. The van der Waals surface area contributed by atoms with E-state index in [1.807, 2.05) is 0 Å². The van der Waals surface area contributed by atoms with Gasteiger partial charge in [-0.15, -0.1) is 24.8 Å². The lowest BCUT2D eigenvalue weighted by Crippen LogP contribution is -2.51. The SMILES string of the molecule is COc1ccc(COC(=O)N[C@H](CCCNC(=N)N)C(=O)NCC(=O)N[C@@H](CCCNC(=N)N)C(=O)Nc2ccc([N+](=O)[O-])cc2)cc1.Cl.Cl. The number of anilines is 1. The molecule has 2 rings (SSSR count). The van der Waals surface area contributed by atoms with Crippen LogP contribution in [0.5, 0.6) is 5.75 Å². The molecule has 0 spiro atoms. The van der Waals surface area contributed by atoms with E-state index in [9.17, 15) is 29.3 Å². The predicted octanol–water partition coefficient (Wildman–Crippen LogP) is 0.808. The maximum Gasteiger partial charge on any atom is 0.408 e. The summed E-state index contributed by atoms with van der Waals surface area (Å²) in [6.45, 7) is -0.143. The Morgan fingerprint density at radius 2 is 1.36 bits per heavy atom. The molecule has 12 N–H and O–H groups in total. The number of hydrogen-bond acceptors (Lipinski definition) is 10. The van der Waals surface area contributed by atoms with Gasteiger partial charge < -0.3 is 52.8 Å². The number of nitrogens with one attached hydrogen (secondary N) is 8. The molecule has 0 fully saturated rings. The van der Waals surface area contributed by atoms with Crippen molar-refractivity contribution < 1.29 is 33.6 Å². The van der Waals surface area contributed by atoms with Gasteiger partial charge in [0.05, 0.1) is 18.6 Å². The second kappa shape index (κ2) is 23.7. The molecule has 2 atom stereocenters. The number of hydrogen-bond donors (Lipinski definition) is 10. The number of nitro groups is 1. The van der Waals surface area contributed by atoms with Crippen molar-refractivity contribution in [1.29, 1.82) is 10.8 Å². The van der Waals surface area contributed by atoms with Gasteiger partial charge in [0.1, 0.15) is 24.4 Å². The first-order chi connectivity index (χ1) is 22.9. The average Bonchev–Trinajstić information content (AvgIpc) is 3.05. The van der Waals surface area contributed by atoms with Crippen LogP contribution in [0.25, 0.3) is 0 Å².